The number of nitrogens with zero attached hydrogens (tertiary/aromatic N) is 2. The Kier molecular flexibility index (Phi) is 5.26. The summed E-state index contributed by atoms with van der Waals surface area (Å²) >= 11 is 0. The van der Waals surface area contributed by atoms with E-state index in [4.69, 9.17) is 4.74 Å². The predicted molar refractivity (Wildman–Crippen MR) is 98.5 cm³/mol. The van der Waals surface area contributed by atoms with Crippen molar-refractivity contribution in [2.24, 2.45) is 12.1 Å². The quantitative estimate of drug-likeness (QED) is 0.556. The maximum Gasteiger partial charge on any atom is 0.277 e. The van der Waals surface area contributed by atoms with Crippen molar-refractivity contribution in [2.45, 2.75) is 0 Å². The van der Waals surface area contributed by atoms with Gasteiger partial charge in [0.2, 0.25) is 0 Å². The lowest BCUT2D eigenvalue weighted by Crippen LogP contribution is -2.24. The van der Waals surface area contributed by atoms with Crippen LogP contribution in [0.3, 0.4) is 0 Å². The van der Waals surface area contributed by atoms with Gasteiger partial charge in [0, 0.05) is 13.2 Å². The molecular formula is C20H19N3O2. The lowest BCUT2D eigenvalue weighted by molar-refractivity contribution is -0.123. The van der Waals surface area contributed by atoms with Gasteiger partial charge < -0.3 is 9.30 Å². The minimum Gasteiger partial charge on any atom is -0.484 e. The molecule has 0 aliphatic heterocycles. The maximum absolute atomic E-state index is 11.8. The number of hydrazone groups is 1. The molecule has 3 aromatic rings. The smallest absolute Gasteiger partial charge is 0.277 e. The molecule has 2 aromatic carbocycles. The average molecular weight is 333 g/mol. The van der Waals surface area contributed by atoms with E-state index in [-0.39, 0.29) is 12.5 Å². The molecule has 0 aliphatic rings. The fourth-order valence-electron chi connectivity index (χ4n) is 2.33. The average Bonchev–Trinajstić information content (AvgIpc) is 3.06. The van der Waals surface area contributed by atoms with Crippen LogP contribution < -0.4 is 10.2 Å². The summed E-state index contributed by atoms with van der Waals surface area (Å²) in [6, 6.07) is 21.5. The molecule has 5 nitrogen and oxygen atoms in total. The Morgan fingerprint density at radius 3 is 2.44 bits per heavy atom. The summed E-state index contributed by atoms with van der Waals surface area (Å²) in [5, 5.41) is 3.92. The second kappa shape index (κ2) is 7.97. The second-order valence-electron chi connectivity index (χ2n) is 5.52. The minimum atomic E-state index is -0.308. The standard InChI is InChI=1S/C20H19N3O2/c1-23-13-5-8-18(23)14-21-22-20(24)15-25-19-11-9-17(10-12-19)16-6-3-2-4-7-16/h2-14H,15H2,1H3,(H,22,24)/b21-14-. The number of carbonyl (C=O) groups excluding carboxylic acids is 1. The van der Waals surface area contributed by atoms with Crippen molar-refractivity contribution >= 4 is 12.1 Å². The van der Waals surface area contributed by atoms with Crippen LogP contribution >= 0.6 is 0 Å². The van der Waals surface area contributed by atoms with Crippen molar-refractivity contribution in [1.82, 2.24) is 9.99 Å². The zero-order valence-electron chi connectivity index (χ0n) is 13.9. The highest BCUT2D eigenvalue weighted by Gasteiger charge is 2.02. The molecule has 1 heterocycles. The number of amides is 1. The zero-order valence-corrected chi connectivity index (χ0v) is 13.9. The van der Waals surface area contributed by atoms with Gasteiger partial charge in [0.25, 0.3) is 5.91 Å². The summed E-state index contributed by atoms with van der Waals surface area (Å²) in [7, 11) is 1.91. The van der Waals surface area contributed by atoms with Crippen LogP contribution in [-0.2, 0) is 11.8 Å². The maximum atomic E-state index is 11.8. The van der Waals surface area contributed by atoms with Gasteiger partial charge in [-0.15, -0.1) is 0 Å². The Balaban J connectivity index is 1.49. The number of nitrogens with one attached hydrogen (secondary N) is 1. The summed E-state index contributed by atoms with van der Waals surface area (Å²) < 4.78 is 7.38. The van der Waals surface area contributed by atoms with Gasteiger partial charge in [-0.05, 0) is 35.4 Å². The molecule has 126 valence electrons. The molecule has 5 heteroatoms. The molecule has 0 radical (unpaired) electrons. The Labute approximate surface area is 146 Å². The van der Waals surface area contributed by atoms with Gasteiger partial charge in [-0.2, -0.15) is 5.10 Å². The largest absolute Gasteiger partial charge is 0.484 e. The van der Waals surface area contributed by atoms with Crippen molar-refractivity contribution in [1.29, 1.82) is 0 Å². The molecule has 0 saturated heterocycles. The topological polar surface area (TPSA) is 55.6 Å². The molecule has 3 rings (SSSR count). The third-order valence-corrected chi connectivity index (χ3v) is 3.70. The SMILES string of the molecule is Cn1cccc1/C=N\NC(=O)COc1ccc(-c2ccccc2)cc1. The van der Waals surface area contributed by atoms with Gasteiger partial charge in [-0.1, -0.05) is 42.5 Å². The fraction of sp³-hybridized carbons (Fsp3) is 0.100. The number of aromatic nitrogens is 1. The van der Waals surface area contributed by atoms with Gasteiger partial charge in [0.1, 0.15) is 5.75 Å². The summed E-state index contributed by atoms with van der Waals surface area (Å²) in [6.07, 6.45) is 3.50. The number of rotatable bonds is 6. The van der Waals surface area contributed by atoms with Gasteiger partial charge in [0.15, 0.2) is 6.61 Å². The van der Waals surface area contributed by atoms with Crippen LogP contribution in [0.1, 0.15) is 5.69 Å². The van der Waals surface area contributed by atoms with E-state index in [1.807, 2.05) is 84.5 Å². The molecule has 0 unspecified atom stereocenters. The number of aryl methyl sites for hydroxylation is 1. The minimum absolute atomic E-state index is 0.0881. The Hall–Kier alpha value is -3.34. The first-order valence-corrected chi connectivity index (χ1v) is 7.94. The molecule has 0 saturated carbocycles. The highest BCUT2D eigenvalue weighted by molar-refractivity contribution is 5.81. The van der Waals surface area contributed by atoms with Crippen molar-refractivity contribution in [3.8, 4) is 16.9 Å². The molecule has 0 fully saturated rings. The third kappa shape index (κ3) is 4.57. The van der Waals surface area contributed by atoms with E-state index in [1.54, 1.807) is 6.21 Å². The van der Waals surface area contributed by atoms with Crippen LogP contribution in [-0.4, -0.2) is 23.3 Å². The van der Waals surface area contributed by atoms with Gasteiger partial charge in [-0.3, -0.25) is 4.79 Å². The van der Waals surface area contributed by atoms with Gasteiger partial charge >= 0.3 is 0 Å². The van der Waals surface area contributed by atoms with E-state index in [1.165, 1.54) is 0 Å². The van der Waals surface area contributed by atoms with Crippen molar-refractivity contribution in [3.05, 3.63) is 78.6 Å². The number of carbonyl (C=O) groups is 1. The highest BCUT2D eigenvalue weighted by atomic mass is 16.5. The van der Waals surface area contributed by atoms with Crippen molar-refractivity contribution in [3.63, 3.8) is 0 Å². The number of ether oxygens (including phenoxy) is 1. The Morgan fingerprint density at radius 1 is 1.04 bits per heavy atom. The second-order valence-corrected chi connectivity index (χ2v) is 5.52. The van der Waals surface area contributed by atoms with Crippen LogP contribution in [0.4, 0.5) is 0 Å². The van der Waals surface area contributed by atoms with Crippen LogP contribution in [0.5, 0.6) is 5.75 Å². The first kappa shape index (κ1) is 16.5. The zero-order chi connectivity index (χ0) is 17.5. The summed E-state index contributed by atoms with van der Waals surface area (Å²) in [5.74, 6) is 0.332. The van der Waals surface area contributed by atoms with E-state index < -0.39 is 0 Å². The Morgan fingerprint density at radius 2 is 1.76 bits per heavy atom. The van der Waals surface area contributed by atoms with Crippen LogP contribution in [0.2, 0.25) is 0 Å². The third-order valence-electron chi connectivity index (χ3n) is 3.70. The monoisotopic (exact) mass is 333 g/mol. The molecule has 1 amide bonds. The van der Waals surface area contributed by atoms with Gasteiger partial charge in [-0.25, -0.2) is 5.43 Å². The molecule has 25 heavy (non-hydrogen) atoms. The van der Waals surface area contributed by atoms with Crippen molar-refractivity contribution in [2.75, 3.05) is 6.61 Å². The first-order valence-electron chi connectivity index (χ1n) is 7.94. The molecule has 0 spiro atoms. The van der Waals surface area contributed by atoms with Crippen LogP contribution in [0, 0.1) is 0 Å². The molecule has 0 aliphatic carbocycles. The molecular weight excluding hydrogens is 314 g/mol. The van der Waals surface area contributed by atoms with E-state index in [0.717, 1.165) is 16.8 Å². The number of benzene rings is 2. The normalized spacial score (nSPS) is 10.8. The first-order chi connectivity index (χ1) is 12.2. The van der Waals surface area contributed by atoms with E-state index in [9.17, 15) is 4.79 Å². The Bertz CT molecular complexity index is 852. The number of hydrogen-bond acceptors (Lipinski definition) is 3. The summed E-state index contributed by atoms with van der Waals surface area (Å²) in [6.45, 7) is -0.0881. The highest BCUT2D eigenvalue weighted by Crippen LogP contribution is 2.21. The lowest BCUT2D eigenvalue weighted by atomic mass is 10.1. The van der Waals surface area contributed by atoms with E-state index in [0.29, 0.717) is 5.75 Å². The summed E-state index contributed by atoms with van der Waals surface area (Å²) in [4.78, 5) is 11.8. The van der Waals surface area contributed by atoms with E-state index in [2.05, 4.69) is 10.5 Å². The van der Waals surface area contributed by atoms with Crippen molar-refractivity contribution < 1.29 is 9.53 Å². The summed E-state index contributed by atoms with van der Waals surface area (Å²) in [5.41, 5.74) is 5.59. The molecule has 1 N–H and O–H groups in total. The number of hydrogen-bond donors (Lipinski definition) is 1. The lowest BCUT2D eigenvalue weighted by Gasteiger charge is -2.06. The molecule has 0 atom stereocenters. The molecule has 0 bridgehead atoms. The van der Waals surface area contributed by atoms with E-state index >= 15 is 0 Å². The van der Waals surface area contributed by atoms with Crippen LogP contribution in [0.15, 0.2) is 78.0 Å². The molecule has 1 aromatic heterocycles. The van der Waals surface area contributed by atoms with Gasteiger partial charge in [0.05, 0.1) is 11.9 Å². The fourth-order valence-corrected chi connectivity index (χ4v) is 2.33. The predicted octanol–water partition coefficient (Wildman–Crippen LogP) is 3.22. The van der Waals surface area contributed by atoms with Crippen LogP contribution in [0.25, 0.3) is 11.1 Å².